The van der Waals surface area contributed by atoms with Crippen molar-refractivity contribution in [1.29, 1.82) is 0 Å². The van der Waals surface area contributed by atoms with Gasteiger partial charge in [0.15, 0.2) is 5.76 Å². The summed E-state index contributed by atoms with van der Waals surface area (Å²) in [4.78, 5) is 12.0. The molecule has 0 atom stereocenters. The Kier molecular flexibility index (Phi) is 3.74. The number of aliphatic hydroxyl groups excluding tert-OH is 1. The van der Waals surface area contributed by atoms with E-state index in [1.807, 2.05) is 18.2 Å². The van der Waals surface area contributed by atoms with Gasteiger partial charge in [-0.15, -0.1) is 0 Å². The molecule has 3 rings (SSSR count). The Bertz CT molecular complexity index is 661. The highest BCUT2D eigenvalue weighted by atomic mass is 35.5. The van der Waals surface area contributed by atoms with Crippen LogP contribution < -0.4 is 5.32 Å². The van der Waals surface area contributed by atoms with Crippen LogP contribution in [0.5, 0.6) is 0 Å². The molecule has 1 aromatic heterocycles. The average Bonchev–Trinajstić information content (AvgIpc) is 3.12. The Labute approximate surface area is 127 Å². The first-order valence-corrected chi connectivity index (χ1v) is 7.25. The molecule has 1 aliphatic rings. The van der Waals surface area contributed by atoms with Crippen LogP contribution in [0.25, 0.3) is 11.3 Å². The molecule has 5 heteroatoms. The largest absolute Gasteiger partial charge is 0.451 e. The van der Waals surface area contributed by atoms with Crippen LogP contribution in [0.4, 0.5) is 0 Å². The number of amides is 1. The van der Waals surface area contributed by atoms with Gasteiger partial charge in [-0.2, -0.15) is 0 Å². The first-order chi connectivity index (χ1) is 10.1. The SMILES string of the molecule is O=C(NCC1(CO)CC1)c1ccc(-c2ccccc2Cl)o1. The molecule has 4 nitrogen and oxygen atoms in total. The number of carbonyl (C=O) groups excluding carboxylic acids is 1. The van der Waals surface area contributed by atoms with E-state index in [0.29, 0.717) is 17.3 Å². The molecule has 21 heavy (non-hydrogen) atoms. The van der Waals surface area contributed by atoms with Gasteiger partial charge in [0.2, 0.25) is 0 Å². The van der Waals surface area contributed by atoms with Crippen LogP contribution in [0.1, 0.15) is 23.4 Å². The van der Waals surface area contributed by atoms with Gasteiger partial charge >= 0.3 is 0 Å². The zero-order valence-electron chi connectivity index (χ0n) is 11.4. The molecular formula is C16H16ClNO3. The van der Waals surface area contributed by atoms with E-state index in [1.165, 1.54) is 0 Å². The van der Waals surface area contributed by atoms with Gasteiger partial charge < -0.3 is 14.8 Å². The molecule has 1 fully saturated rings. The van der Waals surface area contributed by atoms with Crippen molar-refractivity contribution < 1.29 is 14.3 Å². The molecule has 1 saturated carbocycles. The predicted molar refractivity (Wildman–Crippen MR) is 80.2 cm³/mol. The smallest absolute Gasteiger partial charge is 0.287 e. The van der Waals surface area contributed by atoms with Crippen LogP contribution in [0.15, 0.2) is 40.8 Å². The normalized spacial score (nSPS) is 15.7. The summed E-state index contributed by atoms with van der Waals surface area (Å²) in [6.45, 7) is 0.584. The van der Waals surface area contributed by atoms with Crippen molar-refractivity contribution in [2.45, 2.75) is 12.8 Å². The zero-order valence-corrected chi connectivity index (χ0v) is 12.2. The molecule has 0 saturated heterocycles. The molecule has 110 valence electrons. The Balaban J connectivity index is 1.70. The van der Waals surface area contributed by atoms with E-state index in [0.717, 1.165) is 18.4 Å². The van der Waals surface area contributed by atoms with Crippen molar-refractivity contribution in [3.05, 3.63) is 47.2 Å². The van der Waals surface area contributed by atoms with Crippen LogP contribution in [0, 0.1) is 5.41 Å². The van der Waals surface area contributed by atoms with E-state index in [2.05, 4.69) is 5.32 Å². The second-order valence-corrected chi connectivity index (χ2v) is 5.89. The molecular weight excluding hydrogens is 290 g/mol. The molecule has 0 aliphatic heterocycles. The highest BCUT2D eigenvalue weighted by molar-refractivity contribution is 6.33. The van der Waals surface area contributed by atoms with E-state index < -0.39 is 0 Å². The van der Waals surface area contributed by atoms with E-state index in [9.17, 15) is 9.90 Å². The second-order valence-electron chi connectivity index (χ2n) is 5.48. The van der Waals surface area contributed by atoms with Crippen molar-refractivity contribution in [3.63, 3.8) is 0 Å². The molecule has 0 bridgehead atoms. The number of rotatable bonds is 5. The third-order valence-corrected chi connectivity index (χ3v) is 4.22. The lowest BCUT2D eigenvalue weighted by Crippen LogP contribution is -2.31. The molecule has 0 unspecified atom stereocenters. The fourth-order valence-corrected chi connectivity index (χ4v) is 2.42. The number of benzene rings is 1. The van der Waals surface area contributed by atoms with Gasteiger partial charge in [-0.05, 0) is 37.1 Å². The zero-order chi connectivity index (χ0) is 14.9. The lowest BCUT2D eigenvalue weighted by molar-refractivity contribution is 0.0908. The number of furan rings is 1. The van der Waals surface area contributed by atoms with Gasteiger partial charge in [-0.3, -0.25) is 4.79 Å². The molecule has 0 radical (unpaired) electrons. The Morgan fingerprint density at radius 2 is 2.05 bits per heavy atom. The summed E-state index contributed by atoms with van der Waals surface area (Å²) >= 11 is 6.11. The highest BCUT2D eigenvalue weighted by Crippen LogP contribution is 2.44. The van der Waals surface area contributed by atoms with Gasteiger partial charge in [-0.25, -0.2) is 0 Å². The van der Waals surface area contributed by atoms with Gasteiger partial charge in [0, 0.05) is 17.5 Å². The molecule has 2 N–H and O–H groups in total. The number of halogens is 1. The Hall–Kier alpha value is -1.78. The number of hydrogen-bond donors (Lipinski definition) is 2. The summed E-state index contributed by atoms with van der Waals surface area (Å²) in [5.41, 5.74) is 0.639. The maximum absolute atomic E-state index is 12.0. The van der Waals surface area contributed by atoms with Crippen LogP contribution >= 0.6 is 11.6 Å². The summed E-state index contributed by atoms with van der Waals surface area (Å²) < 4.78 is 5.57. The molecule has 1 aliphatic carbocycles. The van der Waals surface area contributed by atoms with Crippen LogP contribution in [-0.2, 0) is 0 Å². The third-order valence-electron chi connectivity index (χ3n) is 3.89. The van der Waals surface area contributed by atoms with Crippen LogP contribution in [0.2, 0.25) is 5.02 Å². The quantitative estimate of drug-likeness (QED) is 0.892. The maximum Gasteiger partial charge on any atom is 0.287 e. The molecule has 1 heterocycles. The summed E-state index contributed by atoms with van der Waals surface area (Å²) in [6, 6.07) is 10.7. The minimum Gasteiger partial charge on any atom is -0.451 e. The minimum absolute atomic E-state index is 0.107. The van der Waals surface area contributed by atoms with Crippen molar-refractivity contribution >= 4 is 17.5 Å². The molecule has 2 aromatic rings. The van der Waals surface area contributed by atoms with Crippen molar-refractivity contribution in [3.8, 4) is 11.3 Å². The Morgan fingerprint density at radius 1 is 1.29 bits per heavy atom. The number of carbonyl (C=O) groups is 1. The van der Waals surface area contributed by atoms with E-state index in [4.69, 9.17) is 16.0 Å². The minimum atomic E-state index is -0.270. The fourth-order valence-electron chi connectivity index (χ4n) is 2.19. The van der Waals surface area contributed by atoms with Crippen molar-refractivity contribution in [2.75, 3.05) is 13.2 Å². The highest BCUT2D eigenvalue weighted by Gasteiger charge is 2.42. The van der Waals surface area contributed by atoms with Crippen molar-refractivity contribution in [2.24, 2.45) is 5.41 Å². The van der Waals surface area contributed by atoms with Gasteiger partial charge in [-0.1, -0.05) is 23.7 Å². The van der Waals surface area contributed by atoms with Crippen LogP contribution in [0.3, 0.4) is 0 Å². The predicted octanol–water partition coefficient (Wildman–Crippen LogP) is 3.10. The third kappa shape index (κ3) is 2.96. The topological polar surface area (TPSA) is 62.5 Å². The van der Waals surface area contributed by atoms with Gasteiger partial charge in [0.05, 0.1) is 11.6 Å². The van der Waals surface area contributed by atoms with Crippen molar-refractivity contribution in [1.82, 2.24) is 5.32 Å². The summed E-state index contributed by atoms with van der Waals surface area (Å²) in [5.74, 6) is 0.542. The molecule has 0 spiro atoms. The first kappa shape index (κ1) is 14.2. The molecule has 1 amide bonds. The van der Waals surface area contributed by atoms with E-state index >= 15 is 0 Å². The lowest BCUT2D eigenvalue weighted by atomic mass is 10.1. The maximum atomic E-state index is 12.0. The molecule has 1 aromatic carbocycles. The Morgan fingerprint density at radius 3 is 2.71 bits per heavy atom. The summed E-state index contributed by atoms with van der Waals surface area (Å²) in [6.07, 6.45) is 1.90. The number of hydrogen-bond acceptors (Lipinski definition) is 3. The monoisotopic (exact) mass is 305 g/mol. The van der Waals surface area contributed by atoms with Gasteiger partial charge in [0.25, 0.3) is 5.91 Å². The van der Waals surface area contributed by atoms with Gasteiger partial charge in [0.1, 0.15) is 5.76 Å². The first-order valence-electron chi connectivity index (χ1n) is 6.87. The lowest BCUT2D eigenvalue weighted by Gasteiger charge is -2.11. The van der Waals surface area contributed by atoms with E-state index in [-0.39, 0.29) is 23.7 Å². The number of nitrogens with one attached hydrogen (secondary N) is 1. The van der Waals surface area contributed by atoms with E-state index in [1.54, 1.807) is 18.2 Å². The standard InChI is InChI=1S/C16H16ClNO3/c17-12-4-2-1-3-11(12)13-5-6-14(21-13)15(20)18-9-16(10-19)7-8-16/h1-6,19H,7-10H2,(H,18,20). The summed E-state index contributed by atoms with van der Waals surface area (Å²) in [5, 5.41) is 12.6. The number of aliphatic hydroxyl groups is 1. The average molecular weight is 306 g/mol. The fraction of sp³-hybridized carbons (Fsp3) is 0.312. The second kappa shape index (κ2) is 5.54. The summed E-state index contributed by atoms with van der Waals surface area (Å²) in [7, 11) is 0. The van der Waals surface area contributed by atoms with Crippen LogP contribution in [-0.4, -0.2) is 24.2 Å².